The predicted molar refractivity (Wildman–Crippen MR) is 59.7 cm³/mol. The van der Waals surface area contributed by atoms with Gasteiger partial charge in [-0.2, -0.15) is 28.4 Å². The first-order valence-electron chi connectivity index (χ1n) is 5.30. The quantitative estimate of drug-likeness (QED) is 0.920. The molecule has 2 rings (SSSR count). The summed E-state index contributed by atoms with van der Waals surface area (Å²) in [6.45, 7) is 1.90. The Bertz CT molecular complexity index is 567. The number of nitrogens with two attached hydrogens (primary N) is 1. The highest BCUT2D eigenvalue weighted by Gasteiger charge is 2.36. The van der Waals surface area contributed by atoms with Gasteiger partial charge in [-0.3, -0.25) is 0 Å². The molecule has 6 nitrogen and oxygen atoms in total. The predicted octanol–water partition coefficient (Wildman–Crippen LogP) is 1.66. The highest BCUT2D eigenvalue weighted by molar-refractivity contribution is 5.55. The van der Waals surface area contributed by atoms with E-state index in [-0.39, 0.29) is 18.2 Å². The van der Waals surface area contributed by atoms with Gasteiger partial charge in [-0.15, -0.1) is 4.80 Å². The van der Waals surface area contributed by atoms with Crippen LogP contribution in [0.4, 0.5) is 18.9 Å². The average Bonchev–Trinajstić information content (AvgIpc) is 2.83. The standard InChI is InChI=1S/C10H10F3N5O/c1-2-19-9-7(14)5-6(10(11,12)13)8(17-9)18-15-3-4-16-18/h3-5H,2,14H2,1H3. The fraction of sp³-hybridized carbons (Fsp3) is 0.300. The third-order valence-corrected chi connectivity index (χ3v) is 2.19. The average molecular weight is 273 g/mol. The van der Waals surface area contributed by atoms with Crippen LogP contribution in [0.3, 0.4) is 0 Å². The third kappa shape index (κ3) is 2.59. The molecule has 2 aromatic heterocycles. The van der Waals surface area contributed by atoms with Gasteiger partial charge < -0.3 is 10.5 Å². The van der Waals surface area contributed by atoms with Gasteiger partial charge in [-0.05, 0) is 13.0 Å². The maximum atomic E-state index is 12.9. The molecule has 0 amide bonds. The summed E-state index contributed by atoms with van der Waals surface area (Å²) in [5.41, 5.74) is 4.28. The fourth-order valence-electron chi connectivity index (χ4n) is 1.44. The molecule has 0 bridgehead atoms. The topological polar surface area (TPSA) is 78.8 Å². The summed E-state index contributed by atoms with van der Waals surface area (Å²) < 4.78 is 43.9. The molecule has 0 saturated carbocycles. The van der Waals surface area contributed by atoms with Gasteiger partial charge in [0, 0.05) is 0 Å². The van der Waals surface area contributed by atoms with E-state index >= 15 is 0 Å². The number of aromatic nitrogens is 4. The van der Waals surface area contributed by atoms with Crippen molar-refractivity contribution in [3.8, 4) is 11.7 Å². The molecule has 9 heteroatoms. The monoisotopic (exact) mass is 273 g/mol. The largest absolute Gasteiger partial charge is 0.476 e. The number of hydrogen-bond acceptors (Lipinski definition) is 5. The lowest BCUT2D eigenvalue weighted by Crippen LogP contribution is -2.16. The van der Waals surface area contributed by atoms with E-state index in [1.54, 1.807) is 6.92 Å². The van der Waals surface area contributed by atoms with E-state index < -0.39 is 17.6 Å². The van der Waals surface area contributed by atoms with Crippen LogP contribution in [0.25, 0.3) is 5.82 Å². The summed E-state index contributed by atoms with van der Waals surface area (Å²) in [5, 5.41) is 7.28. The summed E-state index contributed by atoms with van der Waals surface area (Å²) in [4.78, 5) is 4.51. The van der Waals surface area contributed by atoms with Crippen molar-refractivity contribution in [2.45, 2.75) is 13.1 Å². The number of pyridine rings is 1. The van der Waals surface area contributed by atoms with Crippen LogP contribution < -0.4 is 10.5 Å². The Morgan fingerprint density at radius 2 is 1.95 bits per heavy atom. The van der Waals surface area contributed by atoms with Gasteiger partial charge in [0.05, 0.1) is 24.7 Å². The zero-order valence-corrected chi connectivity index (χ0v) is 9.85. The first-order valence-corrected chi connectivity index (χ1v) is 5.30. The van der Waals surface area contributed by atoms with Gasteiger partial charge >= 0.3 is 6.18 Å². The van der Waals surface area contributed by atoms with Crippen LogP contribution in [0.2, 0.25) is 0 Å². The van der Waals surface area contributed by atoms with Crippen molar-refractivity contribution in [2.75, 3.05) is 12.3 Å². The van der Waals surface area contributed by atoms with E-state index in [2.05, 4.69) is 15.2 Å². The molecule has 2 aromatic rings. The number of hydrogen-bond donors (Lipinski definition) is 1. The zero-order valence-electron chi connectivity index (χ0n) is 9.85. The first kappa shape index (κ1) is 13.1. The van der Waals surface area contributed by atoms with Gasteiger partial charge in [0.25, 0.3) is 0 Å². The van der Waals surface area contributed by atoms with Crippen LogP contribution in [-0.2, 0) is 6.18 Å². The molecule has 0 aliphatic rings. The van der Waals surface area contributed by atoms with Crippen molar-refractivity contribution in [1.82, 2.24) is 20.0 Å². The second kappa shape index (κ2) is 4.75. The van der Waals surface area contributed by atoms with Crippen LogP contribution in [0.1, 0.15) is 12.5 Å². The lowest BCUT2D eigenvalue weighted by atomic mass is 10.2. The number of nitrogens with zero attached hydrogens (tertiary/aromatic N) is 4. The van der Waals surface area contributed by atoms with E-state index in [1.165, 1.54) is 12.4 Å². The lowest BCUT2D eigenvalue weighted by molar-refractivity contribution is -0.137. The molecule has 0 aliphatic heterocycles. The van der Waals surface area contributed by atoms with Gasteiger partial charge in [0.1, 0.15) is 5.56 Å². The molecule has 0 aromatic carbocycles. The van der Waals surface area contributed by atoms with Gasteiger partial charge in [0.2, 0.25) is 5.88 Å². The second-order valence-corrected chi connectivity index (χ2v) is 3.50. The highest BCUT2D eigenvalue weighted by Crippen LogP contribution is 2.36. The first-order chi connectivity index (χ1) is 8.93. The maximum absolute atomic E-state index is 12.9. The molecule has 2 heterocycles. The number of ether oxygens (including phenoxy) is 1. The maximum Gasteiger partial charge on any atom is 0.420 e. The minimum Gasteiger partial charge on any atom is -0.476 e. The summed E-state index contributed by atoms with van der Waals surface area (Å²) in [5.74, 6) is -0.557. The van der Waals surface area contributed by atoms with Crippen molar-refractivity contribution in [2.24, 2.45) is 0 Å². The SMILES string of the molecule is CCOc1nc(-n2nccn2)c(C(F)(F)F)cc1N. The zero-order chi connectivity index (χ0) is 14.0. The van der Waals surface area contributed by atoms with Crippen LogP contribution in [0, 0.1) is 0 Å². The Balaban J connectivity index is 2.63. The van der Waals surface area contributed by atoms with E-state index in [1.807, 2.05) is 0 Å². The second-order valence-electron chi connectivity index (χ2n) is 3.50. The normalized spacial score (nSPS) is 11.6. The van der Waals surface area contributed by atoms with Crippen LogP contribution in [-0.4, -0.2) is 26.6 Å². The highest BCUT2D eigenvalue weighted by atomic mass is 19.4. The van der Waals surface area contributed by atoms with Crippen molar-refractivity contribution in [3.05, 3.63) is 24.0 Å². The molecule has 2 N–H and O–H groups in total. The molecule has 0 unspecified atom stereocenters. The lowest BCUT2D eigenvalue weighted by Gasteiger charge is -2.14. The van der Waals surface area contributed by atoms with Gasteiger partial charge in [-0.1, -0.05) is 0 Å². The summed E-state index contributed by atoms with van der Waals surface area (Å²) in [7, 11) is 0. The molecule has 0 saturated heterocycles. The van der Waals surface area contributed by atoms with Gasteiger partial charge in [-0.25, -0.2) is 0 Å². The van der Waals surface area contributed by atoms with Crippen molar-refractivity contribution >= 4 is 5.69 Å². The molecule has 0 radical (unpaired) electrons. The molecular formula is C10H10F3N5O. The van der Waals surface area contributed by atoms with Crippen molar-refractivity contribution in [3.63, 3.8) is 0 Å². The van der Waals surface area contributed by atoms with Gasteiger partial charge in [0.15, 0.2) is 5.82 Å². The molecule has 0 aliphatic carbocycles. The van der Waals surface area contributed by atoms with E-state index in [0.717, 1.165) is 10.9 Å². The molecule has 0 fully saturated rings. The van der Waals surface area contributed by atoms with E-state index in [0.29, 0.717) is 0 Å². The Morgan fingerprint density at radius 1 is 1.32 bits per heavy atom. The summed E-state index contributed by atoms with van der Waals surface area (Å²) >= 11 is 0. The molecule has 0 spiro atoms. The fourth-order valence-corrected chi connectivity index (χ4v) is 1.44. The smallest absolute Gasteiger partial charge is 0.420 e. The third-order valence-electron chi connectivity index (χ3n) is 2.19. The van der Waals surface area contributed by atoms with Crippen LogP contribution in [0.15, 0.2) is 18.5 Å². The Kier molecular flexibility index (Phi) is 3.28. The number of rotatable bonds is 3. The van der Waals surface area contributed by atoms with E-state index in [4.69, 9.17) is 10.5 Å². The van der Waals surface area contributed by atoms with Crippen molar-refractivity contribution in [1.29, 1.82) is 0 Å². The Labute approximate surface area is 106 Å². The minimum absolute atomic E-state index is 0.0807. The Morgan fingerprint density at radius 3 is 2.47 bits per heavy atom. The minimum atomic E-state index is -4.62. The number of alkyl halides is 3. The number of halogens is 3. The molecular weight excluding hydrogens is 263 g/mol. The molecule has 0 atom stereocenters. The van der Waals surface area contributed by atoms with E-state index in [9.17, 15) is 13.2 Å². The summed E-state index contributed by atoms with van der Waals surface area (Å²) in [6.07, 6.45) is -2.12. The van der Waals surface area contributed by atoms with Crippen LogP contribution >= 0.6 is 0 Å². The Hall–Kier alpha value is -2.32. The number of anilines is 1. The van der Waals surface area contributed by atoms with Crippen LogP contribution in [0.5, 0.6) is 5.88 Å². The summed E-state index contributed by atoms with van der Waals surface area (Å²) in [6, 6.07) is 0.761. The number of nitrogen functional groups attached to an aromatic ring is 1. The molecule has 102 valence electrons. The molecule has 19 heavy (non-hydrogen) atoms. The van der Waals surface area contributed by atoms with Crippen molar-refractivity contribution < 1.29 is 17.9 Å².